The fourth-order valence-electron chi connectivity index (χ4n) is 2.40. The van der Waals surface area contributed by atoms with Crippen LogP contribution in [0.4, 0.5) is 0 Å². The Morgan fingerprint density at radius 2 is 1.85 bits per heavy atom. The summed E-state index contributed by atoms with van der Waals surface area (Å²) in [5.41, 5.74) is 0.904. The van der Waals surface area contributed by atoms with Gasteiger partial charge in [0.15, 0.2) is 0 Å². The molecule has 0 spiro atoms. The number of benzene rings is 1. The Balaban J connectivity index is 2.61. The van der Waals surface area contributed by atoms with E-state index in [1.165, 1.54) is 25.7 Å². The Hall–Kier alpha value is -0.730. The predicted octanol–water partition coefficient (Wildman–Crippen LogP) is 4.94. The van der Waals surface area contributed by atoms with E-state index in [9.17, 15) is 5.11 Å². The van der Waals surface area contributed by atoms with Crippen molar-refractivity contribution in [3.05, 3.63) is 29.8 Å². The van der Waals surface area contributed by atoms with Crippen molar-refractivity contribution in [1.82, 2.24) is 0 Å². The van der Waals surface area contributed by atoms with E-state index < -0.39 is 6.10 Å². The first kappa shape index (κ1) is 17.3. The number of hydrogen-bond donors (Lipinski definition) is 1. The molecular weight excluding hydrogens is 272 g/mol. The van der Waals surface area contributed by atoms with Crippen molar-refractivity contribution < 1.29 is 9.84 Å². The van der Waals surface area contributed by atoms with Crippen LogP contribution in [0.25, 0.3) is 0 Å². The van der Waals surface area contributed by atoms with Crippen LogP contribution in [0.3, 0.4) is 0 Å². The molecule has 0 saturated carbocycles. The monoisotopic (exact) mass is 298 g/mol. The van der Waals surface area contributed by atoms with Crippen molar-refractivity contribution in [3.63, 3.8) is 0 Å². The topological polar surface area (TPSA) is 29.5 Å². The highest BCUT2D eigenvalue weighted by Crippen LogP contribution is 2.27. The van der Waals surface area contributed by atoms with Crippen LogP contribution in [-0.2, 0) is 0 Å². The fraction of sp³-hybridized carbons (Fsp3) is 0.647. The number of halogens is 1. The lowest BCUT2D eigenvalue weighted by Gasteiger charge is -2.18. The van der Waals surface area contributed by atoms with Crippen LogP contribution in [0.2, 0.25) is 0 Å². The third-order valence-electron chi connectivity index (χ3n) is 3.48. The standard InChI is InChI=1S/C17H27ClO2/c1-4-7-14(8-5-2)12-20-16-10-6-9-15(11-16)17(18)13(3)19/h6,9-11,13-14,17,19H,4-5,7-8,12H2,1-3H3. The van der Waals surface area contributed by atoms with E-state index in [0.29, 0.717) is 5.92 Å². The van der Waals surface area contributed by atoms with Gasteiger partial charge in [-0.1, -0.05) is 38.8 Å². The van der Waals surface area contributed by atoms with Crippen molar-refractivity contribution in [3.8, 4) is 5.75 Å². The number of rotatable bonds is 9. The lowest BCUT2D eigenvalue weighted by atomic mass is 9.99. The van der Waals surface area contributed by atoms with Crippen LogP contribution >= 0.6 is 11.6 Å². The highest BCUT2D eigenvalue weighted by Gasteiger charge is 2.15. The van der Waals surface area contributed by atoms with E-state index in [1.807, 2.05) is 24.3 Å². The van der Waals surface area contributed by atoms with Gasteiger partial charge >= 0.3 is 0 Å². The summed E-state index contributed by atoms with van der Waals surface area (Å²) in [5, 5.41) is 9.16. The molecule has 0 fully saturated rings. The van der Waals surface area contributed by atoms with Gasteiger partial charge in [-0.15, -0.1) is 11.6 Å². The highest BCUT2D eigenvalue weighted by molar-refractivity contribution is 6.21. The average Bonchev–Trinajstić information content (AvgIpc) is 2.44. The zero-order chi connectivity index (χ0) is 15.0. The maximum atomic E-state index is 9.55. The summed E-state index contributed by atoms with van der Waals surface area (Å²) >= 11 is 6.17. The minimum Gasteiger partial charge on any atom is -0.493 e. The zero-order valence-corrected chi connectivity index (χ0v) is 13.6. The Labute approximate surface area is 128 Å². The summed E-state index contributed by atoms with van der Waals surface area (Å²) < 4.78 is 5.90. The largest absolute Gasteiger partial charge is 0.493 e. The third-order valence-corrected chi connectivity index (χ3v) is 4.10. The summed E-state index contributed by atoms with van der Waals surface area (Å²) in [6.07, 6.45) is 4.23. The van der Waals surface area contributed by atoms with Crippen molar-refractivity contribution in [2.24, 2.45) is 5.92 Å². The first-order valence-electron chi connectivity index (χ1n) is 7.63. The second-order valence-corrected chi connectivity index (χ2v) is 5.94. The van der Waals surface area contributed by atoms with E-state index in [2.05, 4.69) is 13.8 Å². The van der Waals surface area contributed by atoms with E-state index in [-0.39, 0.29) is 5.38 Å². The summed E-state index contributed by atoms with van der Waals surface area (Å²) in [7, 11) is 0. The minimum absolute atomic E-state index is 0.388. The molecule has 0 radical (unpaired) electrons. The first-order chi connectivity index (χ1) is 9.58. The van der Waals surface area contributed by atoms with E-state index >= 15 is 0 Å². The minimum atomic E-state index is -0.570. The summed E-state index contributed by atoms with van der Waals surface area (Å²) in [5.74, 6) is 1.46. The van der Waals surface area contributed by atoms with Crippen LogP contribution in [0.15, 0.2) is 24.3 Å². The number of hydrogen-bond acceptors (Lipinski definition) is 2. The summed E-state index contributed by atoms with van der Waals surface area (Å²) in [4.78, 5) is 0. The third kappa shape index (κ3) is 5.72. The summed E-state index contributed by atoms with van der Waals surface area (Å²) in [6, 6.07) is 7.73. The van der Waals surface area contributed by atoms with Crippen LogP contribution < -0.4 is 4.74 Å². The molecule has 114 valence electrons. The second kappa shape index (κ2) is 9.25. The molecular formula is C17H27ClO2. The number of alkyl halides is 1. The molecule has 0 bridgehead atoms. The Bertz CT molecular complexity index is 373. The van der Waals surface area contributed by atoms with Crippen LogP contribution in [0.5, 0.6) is 5.75 Å². The van der Waals surface area contributed by atoms with Gasteiger partial charge in [-0.2, -0.15) is 0 Å². The molecule has 0 heterocycles. The Morgan fingerprint density at radius 3 is 2.40 bits per heavy atom. The second-order valence-electron chi connectivity index (χ2n) is 5.47. The lowest BCUT2D eigenvalue weighted by molar-refractivity contribution is 0.189. The molecule has 1 aromatic rings. The van der Waals surface area contributed by atoms with Crippen LogP contribution in [-0.4, -0.2) is 17.8 Å². The average molecular weight is 299 g/mol. The zero-order valence-electron chi connectivity index (χ0n) is 12.8. The van der Waals surface area contributed by atoms with Gasteiger partial charge in [0.25, 0.3) is 0 Å². The quantitative estimate of drug-likeness (QED) is 0.654. The van der Waals surface area contributed by atoms with Gasteiger partial charge in [-0.3, -0.25) is 0 Å². The van der Waals surface area contributed by atoms with Crippen LogP contribution in [0, 0.1) is 5.92 Å². The number of aliphatic hydroxyl groups is 1. The molecule has 0 aliphatic carbocycles. The predicted molar refractivity (Wildman–Crippen MR) is 85.5 cm³/mol. The molecule has 1 aromatic carbocycles. The highest BCUT2D eigenvalue weighted by atomic mass is 35.5. The maximum absolute atomic E-state index is 9.55. The van der Waals surface area contributed by atoms with E-state index in [0.717, 1.165) is 17.9 Å². The molecule has 20 heavy (non-hydrogen) atoms. The number of aliphatic hydroxyl groups excluding tert-OH is 1. The normalized spacial score (nSPS) is 14.3. The molecule has 0 aliphatic heterocycles. The van der Waals surface area contributed by atoms with E-state index in [1.54, 1.807) is 6.92 Å². The smallest absolute Gasteiger partial charge is 0.119 e. The Kier molecular flexibility index (Phi) is 8.01. The van der Waals surface area contributed by atoms with Crippen molar-refractivity contribution in [2.75, 3.05) is 6.61 Å². The Morgan fingerprint density at radius 1 is 1.20 bits per heavy atom. The van der Waals surface area contributed by atoms with Gasteiger partial charge in [0.05, 0.1) is 18.1 Å². The van der Waals surface area contributed by atoms with Crippen molar-refractivity contribution in [2.45, 2.75) is 57.9 Å². The van der Waals surface area contributed by atoms with Gasteiger partial charge in [0.2, 0.25) is 0 Å². The van der Waals surface area contributed by atoms with Gasteiger partial charge in [-0.25, -0.2) is 0 Å². The SMILES string of the molecule is CCCC(CCC)COc1cccc(C(Cl)C(C)O)c1. The van der Waals surface area contributed by atoms with Crippen LogP contribution in [0.1, 0.15) is 57.4 Å². The molecule has 1 N–H and O–H groups in total. The van der Waals surface area contributed by atoms with E-state index in [4.69, 9.17) is 16.3 Å². The molecule has 0 saturated heterocycles. The van der Waals surface area contributed by atoms with Crippen molar-refractivity contribution >= 4 is 11.6 Å². The molecule has 2 nitrogen and oxygen atoms in total. The summed E-state index contributed by atoms with van der Waals surface area (Å²) in [6.45, 7) is 6.88. The molecule has 1 rings (SSSR count). The molecule has 2 atom stereocenters. The lowest BCUT2D eigenvalue weighted by Crippen LogP contribution is -2.12. The molecule has 2 unspecified atom stereocenters. The molecule has 0 amide bonds. The molecule has 3 heteroatoms. The van der Waals surface area contributed by atoms with Gasteiger partial charge in [-0.05, 0) is 43.4 Å². The van der Waals surface area contributed by atoms with Gasteiger partial charge in [0.1, 0.15) is 5.75 Å². The maximum Gasteiger partial charge on any atom is 0.119 e. The van der Waals surface area contributed by atoms with Gasteiger partial charge in [0, 0.05) is 0 Å². The van der Waals surface area contributed by atoms with Gasteiger partial charge < -0.3 is 9.84 Å². The fourth-order valence-corrected chi connectivity index (χ4v) is 2.53. The van der Waals surface area contributed by atoms with Crippen molar-refractivity contribution in [1.29, 1.82) is 0 Å². The molecule has 0 aliphatic rings. The first-order valence-corrected chi connectivity index (χ1v) is 8.07. The molecule has 0 aromatic heterocycles. The number of ether oxygens (including phenoxy) is 1.